The Labute approximate surface area is 262 Å². The molecule has 1 aliphatic carbocycles. The standard InChI is InChI=1S/C28H16Cl3F9N2O3/c1-42(19-7-6-17(32)14(23(19)34)10-20(43)28(38,39)40)25(45)13-9-12(3-4-16(13)29)41-24(44)22-21(26(22,30)31)11-2-5-18(33)15(8-11)27(35,36)37/h2-9,21-22H,10H2,1H3,(H,41,44)/t21-,22+/m0/s1. The van der Waals surface area contributed by atoms with Gasteiger partial charge in [0, 0.05) is 30.6 Å². The maximum atomic E-state index is 15.1. The van der Waals surface area contributed by atoms with Crippen LogP contribution in [0.1, 0.15) is 33.0 Å². The summed E-state index contributed by atoms with van der Waals surface area (Å²) in [4.78, 5) is 38.2. The monoisotopic (exact) mass is 704 g/mol. The summed E-state index contributed by atoms with van der Waals surface area (Å²) < 4.78 is 119. The van der Waals surface area contributed by atoms with E-state index < -0.39 is 86.8 Å². The van der Waals surface area contributed by atoms with Crippen molar-refractivity contribution in [3.63, 3.8) is 0 Å². The van der Waals surface area contributed by atoms with Crippen LogP contribution in [0.5, 0.6) is 0 Å². The Kier molecular flexibility index (Phi) is 9.19. The molecule has 3 aromatic carbocycles. The largest absolute Gasteiger partial charge is 0.450 e. The van der Waals surface area contributed by atoms with Crippen LogP contribution >= 0.6 is 34.8 Å². The highest BCUT2D eigenvalue weighted by molar-refractivity contribution is 6.53. The Morgan fingerprint density at radius 3 is 2.13 bits per heavy atom. The molecular formula is C28H16Cl3F9N2O3. The van der Waals surface area contributed by atoms with Crippen LogP contribution in [-0.2, 0) is 22.2 Å². The number of rotatable bonds is 7. The highest BCUT2D eigenvalue weighted by Gasteiger charge is 2.67. The van der Waals surface area contributed by atoms with Gasteiger partial charge >= 0.3 is 12.4 Å². The maximum absolute atomic E-state index is 15.1. The summed E-state index contributed by atoms with van der Waals surface area (Å²) in [7, 11) is 0.984. The van der Waals surface area contributed by atoms with E-state index in [0.717, 1.165) is 31.3 Å². The van der Waals surface area contributed by atoms with Crippen molar-refractivity contribution in [3.05, 3.63) is 93.3 Å². The van der Waals surface area contributed by atoms with Crippen LogP contribution in [0.3, 0.4) is 0 Å². The van der Waals surface area contributed by atoms with Crippen LogP contribution in [0, 0.1) is 23.4 Å². The summed E-state index contributed by atoms with van der Waals surface area (Å²) in [5, 5.41) is 2.14. The first kappa shape index (κ1) is 34.4. The number of halogens is 12. The lowest BCUT2D eigenvalue weighted by atomic mass is 10.0. The number of carbonyl (C=O) groups is 3. The van der Waals surface area contributed by atoms with E-state index in [4.69, 9.17) is 34.8 Å². The number of nitrogens with zero attached hydrogens (tertiary/aromatic N) is 1. The van der Waals surface area contributed by atoms with Crippen molar-refractivity contribution in [2.45, 2.75) is 29.0 Å². The van der Waals surface area contributed by atoms with Gasteiger partial charge in [-0.2, -0.15) is 26.3 Å². The Morgan fingerprint density at radius 2 is 1.53 bits per heavy atom. The average Bonchev–Trinajstić information content (AvgIpc) is 3.51. The molecule has 2 amide bonds. The van der Waals surface area contributed by atoms with Gasteiger partial charge in [0.2, 0.25) is 11.7 Å². The van der Waals surface area contributed by atoms with Crippen molar-refractivity contribution < 1.29 is 53.9 Å². The third-order valence-electron chi connectivity index (χ3n) is 6.94. The number of amides is 2. The Morgan fingerprint density at radius 1 is 0.911 bits per heavy atom. The van der Waals surface area contributed by atoms with E-state index in [0.29, 0.717) is 23.1 Å². The summed E-state index contributed by atoms with van der Waals surface area (Å²) in [5.74, 6) is -11.5. The van der Waals surface area contributed by atoms with Crippen molar-refractivity contribution in [3.8, 4) is 0 Å². The molecule has 0 bridgehead atoms. The smallest absolute Gasteiger partial charge is 0.326 e. The number of anilines is 2. The lowest BCUT2D eigenvalue weighted by Crippen LogP contribution is -2.29. The Balaban J connectivity index is 1.57. The second-order valence-corrected chi connectivity index (χ2v) is 11.7. The molecule has 3 aromatic rings. The summed E-state index contributed by atoms with van der Waals surface area (Å²) >= 11 is 18.5. The predicted molar refractivity (Wildman–Crippen MR) is 146 cm³/mol. The van der Waals surface area contributed by atoms with Crippen LogP contribution < -0.4 is 10.2 Å². The first-order valence-electron chi connectivity index (χ1n) is 12.4. The first-order valence-corrected chi connectivity index (χ1v) is 13.5. The summed E-state index contributed by atoms with van der Waals surface area (Å²) in [6, 6.07) is 6.74. The van der Waals surface area contributed by atoms with Gasteiger partial charge < -0.3 is 10.2 Å². The average molecular weight is 706 g/mol. The lowest BCUT2D eigenvalue weighted by molar-refractivity contribution is -0.170. The third-order valence-corrected chi connectivity index (χ3v) is 8.21. The van der Waals surface area contributed by atoms with E-state index in [2.05, 4.69) is 5.32 Å². The van der Waals surface area contributed by atoms with Crippen LogP contribution in [0.4, 0.5) is 50.9 Å². The first-order chi connectivity index (χ1) is 20.7. The molecule has 0 radical (unpaired) electrons. The number of hydrogen-bond acceptors (Lipinski definition) is 3. The number of carbonyl (C=O) groups excluding carboxylic acids is 3. The van der Waals surface area contributed by atoms with E-state index >= 15 is 4.39 Å². The van der Waals surface area contributed by atoms with Gasteiger partial charge in [0.25, 0.3) is 5.91 Å². The van der Waals surface area contributed by atoms with Crippen LogP contribution in [0.25, 0.3) is 0 Å². The zero-order valence-electron chi connectivity index (χ0n) is 22.2. The fraction of sp³-hybridized carbons (Fsp3) is 0.250. The van der Waals surface area contributed by atoms with Gasteiger partial charge in [-0.05, 0) is 48.0 Å². The van der Waals surface area contributed by atoms with E-state index in [1.807, 2.05) is 0 Å². The van der Waals surface area contributed by atoms with E-state index in [1.165, 1.54) is 6.07 Å². The van der Waals surface area contributed by atoms with Gasteiger partial charge in [-0.3, -0.25) is 14.4 Å². The predicted octanol–water partition coefficient (Wildman–Crippen LogP) is 8.25. The van der Waals surface area contributed by atoms with Gasteiger partial charge in [0.15, 0.2) is 5.82 Å². The molecular weight excluding hydrogens is 690 g/mol. The zero-order chi connectivity index (χ0) is 33.8. The van der Waals surface area contributed by atoms with Crippen LogP contribution in [-0.4, -0.2) is 35.2 Å². The van der Waals surface area contributed by atoms with Crippen molar-refractivity contribution in [2.24, 2.45) is 5.92 Å². The molecule has 0 aliphatic heterocycles. The van der Waals surface area contributed by atoms with E-state index in [1.54, 1.807) is 0 Å². The van der Waals surface area contributed by atoms with Crippen LogP contribution in [0.2, 0.25) is 5.02 Å². The quantitative estimate of drug-likeness (QED) is 0.199. The molecule has 2 atom stereocenters. The topological polar surface area (TPSA) is 66.5 Å². The van der Waals surface area contributed by atoms with Crippen LogP contribution in [0.15, 0.2) is 48.5 Å². The second-order valence-electron chi connectivity index (χ2n) is 9.87. The highest BCUT2D eigenvalue weighted by Crippen LogP contribution is 2.65. The minimum Gasteiger partial charge on any atom is -0.326 e. The molecule has 0 spiro atoms. The minimum atomic E-state index is -5.37. The third kappa shape index (κ3) is 6.87. The van der Waals surface area contributed by atoms with Gasteiger partial charge in [-0.15, -0.1) is 23.2 Å². The molecule has 0 heterocycles. The highest BCUT2D eigenvalue weighted by atomic mass is 35.5. The number of alkyl halides is 8. The summed E-state index contributed by atoms with van der Waals surface area (Å²) in [6.07, 6.45) is -12.1. The number of nitrogens with one attached hydrogen (secondary N) is 1. The number of ketones is 1. The fourth-order valence-electron chi connectivity index (χ4n) is 4.57. The molecule has 45 heavy (non-hydrogen) atoms. The SMILES string of the molecule is CN(C(=O)c1cc(NC(=O)[C@H]2[C@H](c3ccc(F)c(C(F)(F)F)c3)C2(Cl)Cl)ccc1Cl)c1ccc(F)c(CC(=O)C(F)(F)F)c1F. The molecule has 5 nitrogen and oxygen atoms in total. The Bertz CT molecular complexity index is 1710. The molecule has 1 saturated carbocycles. The molecule has 1 aliphatic rings. The molecule has 1 fully saturated rings. The number of benzene rings is 3. The van der Waals surface area contributed by atoms with Gasteiger partial charge in [-0.1, -0.05) is 17.7 Å². The summed E-state index contributed by atoms with van der Waals surface area (Å²) in [5.41, 5.74) is -4.17. The van der Waals surface area contributed by atoms with Crippen molar-refractivity contribution in [1.82, 2.24) is 0 Å². The molecule has 1 N–H and O–H groups in total. The van der Waals surface area contributed by atoms with Gasteiger partial charge in [0.1, 0.15) is 16.0 Å². The molecule has 0 unspecified atom stereocenters. The van der Waals surface area contributed by atoms with Gasteiger partial charge in [0.05, 0.1) is 27.8 Å². The summed E-state index contributed by atoms with van der Waals surface area (Å²) in [6.45, 7) is 0. The van der Waals surface area contributed by atoms with Gasteiger partial charge in [-0.25, -0.2) is 13.2 Å². The minimum absolute atomic E-state index is 0.109. The van der Waals surface area contributed by atoms with Crippen molar-refractivity contribution in [1.29, 1.82) is 0 Å². The second kappa shape index (κ2) is 12.0. The van der Waals surface area contributed by atoms with Crippen molar-refractivity contribution >= 4 is 63.8 Å². The molecule has 4 rings (SSSR count). The lowest BCUT2D eigenvalue weighted by Gasteiger charge is -2.21. The van der Waals surface area contributed by atoms with Crippen molar-refractivity contribution in [2.75, 3.05) is 17.3 Å². The fourth-order valence-corrected chi connectivity index (χ4v) is 5.59. The van der Waals surface area contributed by atoms with E-state index in [-0.39, 0.29) is 21.8 Å². The molecule has 0 aromatic heterocycles. The van der Waals surface area contributed by atoms with E-state index in [9.17, 15) is 49.5 Å². The molecule has 240 valence electrons. The maximum Gasteiger partial charge on any atom is 0.450 e. The number of hydrogen-bond donors (Lipinski definition) is 1. The normalized spacial score (nSPS) is 17.5. The Hall–Kier alpha value is -3.49. The molecule has 0 saturated heterocycles. The zero-order valence-corrected chi connectivity index (χ0v) is 24.5. The number of Topliss-reactive ketones (excluding diaryl/α,β-unsaturated/α-hetero) is 1. The molecule has 17 heteroatoms.